The molecule has 11 nitrogen and oxygen atoms in total. The van der Waals surface area contributed by atoms with Gasteiger partial charge in [-0.05, 0) is 48.2 Å². The maximum absolute atomic E-state index is 14.9. The molecule has 0 saturated carbocycles. The molecule has 0 fully saturated rings. The van der Waals surface area contributed by atoms with Crippen LogP contribution in [0.2, 0.25) is 0 Å². The van der Waals surface area contributed by atoms with Gasteiger partial charge in [0, 0.05) is 31.6 Å². The molecular formula is C39H47N3O8S. The number of rotatable bonds is 17. The fourth-order valence-electron chi connectivity index (χ4n) is 5.48. The van der Waals surface area contributed by atoms with Crippen LogP contribution in [0.5, 0.6) is 23.0 Å². The molecule has 2 amide bonds. The van der Waals surface area contributed by atoms with Crippen molar-refractivity contribution in [1.29, 1.82) is 0 Å². The molecule has 0 saturated heterocycles. The zero-order chi connectivity index (χ0) is 37.1. The lowest BCUT2D eigenvalue weighted by atomic mass is 10.0. The fourth-order valence-corrected chi connectivity index (χ4v) is 6.91. The third kappa shape index (κ3) is 9.72. The van der Waals surface area contributed by atoms with E-state index in [1.807, 2.05) is 75.4 Å². The Morgan fingerprint density at radius 2 is 1.39 bits per heavy atom. The summed E-state index contributed by atoms with van der Waals surface area (Å²) in [4.78, 5) is 30.2. The quantitative estimate of drug-likeness (QED) is 0.149. The molecule has 4 aromatic carbocycles. The van der Waals surface area contributed by atoms with Gasteiger partial charge < -0.3 is 29.2 Å². The second-order valence-electron chi connectivity index (χ2n) is 12.4. The molecule has 272 valence electrons. The summed E-state index contributed by atoms with van der Waals surface area (Å²) in [6, 6.07) is 25.0. The lowest BCUT2D eigenvalue weighted by molar-refractivity contribution is -0.140. The van der Waals surface area contributed by atoms with E-state index >= 15 is 0 Å². The van der Waals surface area contributed by atoms with Crippen molar-refractivity contribution in [3.63, 3.8) is 0 Å². The second-order valence-corrected chi connectivity index (χ2v) is 14.3. The van der Waals surface area contributed by atoms with E-state index in [1.54, 1.807) is 12.1 Å². The van der Waals surface area contributed by atoms with E-state index in [0.29, 0.717) is 18.0 Å². The average molecular weight is 718 g/mol. The van der Waals surface area contributed by atoms with Crippen LogP contribution in [0.25, 0.3) is 0 Å². The minimum absolute atomic E-state index is 0.0468. The topological polar surface area (TPSA) is 124 Å². The van der Waals surface area contributed by atoms with E-state index in [9.17, 15) is 18.0 Å². The molecular weight excluding hydrogens is 671 g/mol. The van der Waals surface area contributed by atoms with Gasteiger partial charge in [0.05, 0.1) is 39.0 Å². The number of benzene rings is 4. The number of carbonyl (C=O) groups excluding carboxylic acids is 2. The molecule has 0 unspecified atom stereocenters. The highest BCUT2D eigenvalue weighted by Gasteiger charge is 2.36. The Morgan fingerprint density at radius 3 is 2.00 bits per heavy atom. The highest BCUT2D eigenvalue weighted by atomic mass is 32.2. The molecule has 51 heavy (non-hydrogen) atoms. The Balaban J connectivity index is 1.89. The molecule has 4 rings (SSSR count). The minimum Gasteiger partial charge on any atom is -0.497 e. The Morgan fingerprint density at radius 1 is 0.745 bits per heavy atom. The number of nitrogens with zero attached hydrogens (tertiary/aromatic N) is 2. The van der Waals surface area contributed by atoms with Crippen LogP contribution in [0.1, 0.15) is 30.5 Å². The third-order valence-corrected chi connectivity index (χ3v) is 10.1. The summed E-state index contributed by atoms with van der Waals surface area (Å²) in [5.74, 6) is 0.263. The van der Waals surface area contributed by atoms with Gasteiger partial charge >= 0.3 is 0 Å². The van der Waals surface area contributed by atoms with Gasteiger partial charge in [0.2, 0.25) is 11.8 Å². The molecule has 1 N–H and O–H groups in total. The van der Waals surface area contributed by atoms with Crippen molar-refractivity contribution in [3.05, 3.63) is 108 Å². The second kappa shape index (κ2) is 17.6. The molecule has 0 aliphatic heterocycles. The highest BCUT2D eigenvalue weighted by molar-refractivity contribution is 7.92. The molecule has 0 radical (unpaired) electrons. The minimum atomic E-state index is -4.49. The first-order valence-corrected chi connectivity index (χ1v) is 18.0. The molecule has 0 aliphatic carbocycles. The van der Waals surface area contributed by atoms with Crippen molar-refractivity contribution in [2.24, 2.45) is 5.92 Å². The summed E-state index contributed by atoms with van der Waals surface area (Å²) in [6.45, 7) is 5.71. The third-order valence-electron chi connectivity index (χ3n) is 8.31. The number of methoxy groups -OCH3 is 4. The summed E-state index contributed by atoms with van der Waals surface area (Å²) >= 11 is 0. The highest BCUT2D eigenvalue weighted by Crippen LogP contribution is 2.38. The van der Waals surface area contributed by atoms with Gasteiger partial charge in [-0.25, -0.2) is 8.42 Å². The van der Waals surface area contributed by atoms with Crippen molar-refractivity contribution in [1.82, 2.24) is 10.2 Å². The van der Waals surface area contributed by atoms with Crippen LogP contribution < -0.4 is 28.6 Å². The Hall–Kier alpha value is -5.23. The van der Waals surface area contributed by atoms with E-state index in [-0.39, 0.29) is 46.9 Å². The van der Waals surface area contributed by atoms with Crippen molar-refractivity contribution < 1.29 is 37.0 Å². The van der Waals surface area contributed by atoms with E-state index in [4.69, 9.17) is 18.9 Å². The normalized spacial score (nSPS) is 11.8. The maximum Gasteiger partial charge on any atom is 0.265 e. The number of ether oxygens (including phenoxy) is 4. The molecule has 12 heteroatoms. The number of amides is 2. The van der Waals surface area contributed by atoms with E-state index in [0.717, 1.165) is 21.0 Å². The number of aryl methyl sites for hydroxylation is 1. The van der Waals surface area contributed by atoms with Gasteiger partial charge in [-0.2, -0.15) is 0 Å². The Labute approximate surface area is 301 Å². The summed E-state index contributed by atoms with van der Waals surface area (Å²) < 4.78 is 52.1. The van der Waals surface area contributed by atoms with Gasteiger partial charge in [-0.3, -0.25) is 13.9 Å². The van der Waals surface area contributed by atoms with Crippen LogP contribution in [-0.4, -0.2) is 72.7 Å². The van der Waals surface area contributed by atoms with Crippen LogP contribution in [0, 0.1) is 12.8 Å². The van der Waals surface area contributed by atoms with Gasteiger partial charge in [0.15, 0.2) is 11.5 Å². The first-order valence-electron chi connectivity index (χ1n) is 16.5. The molecule has 0 heterocycles. The number of sulfonamides is 1. The smallest absolute Gasteiger partial charge is 0.265 e. The first kappa shape index (κ1) is 38.6. The van der Waals surface area contributed by atoms with Crippen molar-refractivity contribution in [2.45, 2.75) is 44.7 Å². The summed E-state index contributed by atoms with van der Waals surface area (Å²) in [5.41, 5.74) is 2.72. The molecule has 0 bridgehead atoms. The standard InChI is InChI=1S/C39H47N3O8S/c1-27(2)24-40-39(44)34(21-29-11-9-8-10-12-29)41(25-30-15-13-28(3)14-16-30)38(43)26-42(33-22-31(47-4)17-19-35(33)48-5)51(45,46)32-18-20-36(49-6)37(23-32)50-7/h8-20,22-23,27,34H,21,24-26H2,1-7H3,(H,40,44)/t34-/m0/s1. The van der Waals surface area contributed by atoms with Crippen LogP contribution in [0.15, 0.2) is 95.9 Å². The zero-order valence-electron chi connectivity index (χ0n) is 30.2. The fraction of sp³-hybridized carbons (Fsp3) is 0.333. The number of carbonyl (C=O) groups is 2. The van der Waals surface area contributed by atoms with Crippen LogP contribution >= 0.6 is 0 Å². The maximum atomic E-state index is 14.9. The van der Waals surface area contributed by atoms with Crippen molar-refractivity contribution >= 4 is 27.5 Å². The van der Waals surface area contributed by atoms with Crippen molar-refractivity contribution in [2.75, 3.05) is 45.8 Å². The average Bonchev–Trinajstić information content (AvgIpc) is 3.14. The Kier molecular flexibility index (Phi) is 13.3. The molecule has 0 spiro atoms. The lowest BCUT2D eigenvalue weighted by Gasteiger charge is -2.34. The lowest BCUT2D eigenvalue weighted by Crippen LogP contribution is -2.53. The van der Waals surface area contributed by atoms with Gasteiger partial charge in [-0.1, -0.05) is 74.0 Å². The monoisotopic (exact) mass is 717 g/mol. The molecule has 4 aromatic rings. The number of hydrogen-bond acceptors (Lipinski definition) is 8. The largest absolute Gasteiger partial charge is 0.497 e. The molecule has 0 aromatic heterocycles. The number of hydrogen-bond donors (Lipinski definition) is 1. The van der Waals surface area contributed by atoms with Crippen LogP contribution in [0.3, 0.4) is 0 Å². The van der Waals surface area contributed by atoms with Gasteiger partial charge in [0.25, 0.3) is 10.0 Å². The van der Waals surface area contributed by atoms with Crippen LogP contribution in [0.4, 0.5) is 5.69 Å². The molecule has 1 atom stereocenters. The van der Waals surface area contributed by atoms with E-state index < -0.39 is 28.5 Å². The molecule has 0 aliphatic rings. The van der Waals surface area contributed by atoms with Gasteiger partial charge in [-0.15, -0.1) is 0 Å². The predicted octanol–water partition coefficient (Wildman–Crippen LogP) is 5.64. The van der Waals surface area contributed by atoms with Crippen LogP contribution in [-0.2, 0) is 32.6 Å². The van der Waals surface area contributed by atoms with E-state index in [1.165, 1.54) is 57.6 Å². The summed E-state index contributed by atoms with van der Waals surface area (Å²) in [7, 11) is 1.23. The summed E-state index contributed by atoms with van der Waals surface area (Å²) in [5, 5.41) is 3.00. The number of nitrogens with one attached hydrogen (secondary N) is 1. The van der Waals surface area contributed by atoms with E-state index in [2.05, 4.69) is 5.32 Å². The van der Waals surface area contributed by atoms with Gasteiger partial charge in [0.1, 0.15) is 24.1 Å². The number of anilines is 1. The SMILES string of the molecule is COc1ccc(OC)c(N(CC(=O)N(Cc2ccc(C)cc2)[C@@H](Cc2ccccc2)C(=O)NCC(C)C)S(=O)(=O)c2ccc(OC)c(OC)c2)c1. The zero-order valence-corrected chi connectivity index (χ0v) is 31.0. The summed E-state index contributed by atoms with van der Waals surface area (Å²) in [6.07, 6.45) is 0.202. The first-order chi connectivity index (χ1) is 24.4. The Bertz CT molecular complexity index is 1880. The predicted molar refractivity (Wildman–Crippen MR) is 197 cm³/mol. The van der Waals surface area contributed by atoms with Crippen molar-refractivity contribution in [3.8, 4) is 23.0 Å².